The van der Waals surface area contributed by atoms with Gasteiger partial charge in [0.1, 0.15) is 7.32 Å². The second kappa shape index (κ2) is 7.77. The Labute approximate surface area is 95.0 Å². The molecule has 64 valence electrons. The van der Waals surface area contributed by atoms with Crippen molar-refractivity contribution in [2.75, 3.05) is 0 Å². The Morgan fingerprint density at radius 3 is 1.85 bits per heavy atom. The number of carbonyl (C=O) groups excluding carboxylic acids is 1. The second-order valence-electron chi connectivity index (χ2n) is 1.25. The molecule has 0 aromatic carbocycles. The third-order valence-electron chi connectivity index (χ3n) is 0.434. The monoisotopic (exact) mass is 186 g/mol. The average Bonchev–Trinajstić information content (AvgIpc) is 1.80. The molecule has 0 amide bonds. The van der Waals surface area contributed by atoms with E-state index in [1.807, 2.05) is 0 Å². The molecule has 11 heteroatoms. The normalized spacial score (nSPS) is 9.31. The van der Waals surface area contributed by atoms with E-state index in [0.717, 1.165) is 0 Å². The van der Waals surface area contributed by atoms with Gasteiger partial charge in [0.2, 0.25) is 0 Å². The Morgan fingerprint density at radius 2 is 1.62 bits per heavy atom. The van der Waals surface area contributed by atoms with E-state index >= 15 is 0 Å². The Bertz CT molecular complexity index is 151. The molecule has 0 bridgehead atoms. The van der Waals surface area contributed by atoms with Crippen LogP contribution in [-0.4, -0.2) is 19.5 Å². The maximum absolute atomic E-state index is 11.1. The van der Waals surface area contributed by atoms with Crippen molar-refractivity contribution in [3.8, 4) is 0 Å². The summed E-state index contributed by atoms with van der Waals surface area (Å²) < 4.78 is 33.4. The molecule has 0 atom stereocenters. The van der Waals surface area contributed by atoms with Gasteiger partial charge in [0.15, 0.2) is 0 Å². The zero-order valence-electron chi connectivity index (χ0n) is 6.75. The molecule has 0 aromatic heterocycles. The predicted molar refractivity (Wildman–Crippen MR) is 19.0 cm³/mol. The molecule has 0 unspecified atom stereocenters. The van der Waals surface area contributed by atoms with Gasteiger partial charge < -0.3 is 19.7 Å². The van der Waals surface area contributed by atoms with Gasteiger partial charge in [0.25, 0.3) is 0 Å². The van der Waals surface area contributed by atoms with Crippen LogP contribution in [-0.2, 0) is 14.5 Å². The SMILES string of the molecule is O=C(OOB([O-])[O-])C(F)(F)F.[Li+].[Li+]. The smallest absolute Gasteiger partial charge is 0.867 e. The molecule has 0 fully saturated rings. The van der Waals surface area contributed by atoms with Crippen molar-refractivity contribution in [1.82, 2.24) is 0 Å². The first kappa shape index (κ1) is 19.0. The van der Waals surface area contributed by atoms with Crippen LogP contribution in [0.4, 0.5) is 13.2 Å². The summed E-state index contributed by atoms with van der Waals surface area (Å²) in [5, 5.41) is 18.7. The molecule has 13 heavy (non-hydrogen) atoms. The first-order valence-corrected chi connectivity index (χ1v) is 2.10. The standard InChI is InChI=1S/C2BF3O5.2Li/c4-2(5,6)1(7)10-11-3(8)9;;/q-2;2*+1. The molecular weight excluding hydrogens is 186 g/mol. The van der Waals surface area contributed by atoms with Crippen molar-refractivity contribution >= 4 is 13.3 Å². The minimum atomic E-state index is -5.27. The fraction of sp³-hybridized carbons (Fsp3) is 0.500. The van der Waals surface area contributed by atoms with Crippen LogP contribution in [0.1, 0.15) is 0 Å². The van der Waals surface area contributed by atoms with Crippen LogP contribution < -0.4 is 47.8 Å². The van der Waals surface area contributed by atoms with Crippen LogP contribution in [0, 0.1) is 0 Å². The fourth-order valence-electron chi connectivity index (χ4n) is 0.130. The van der Waals surface area contributed by atoms with Gasteiger partial charge in [-0.1, -0.05) is 0 Å². The Morgan fingerprint density at radius 1 is 1.23 bits per heavy atom. The summed E-state index contributed by atoms with van der Waals surface area (Å²) in [6.07, 6.45) is -5.27. The summed E-state index contributed by atoms with van der Waals surface area (Å²) in [6, 6.07) is 0. The fourth-order valence-corrected chi connectivity index (χ4v) is 0.130. The van der Waals surface area contributed by atoms with Gasteiger partial charge >= 0.3 is 49.9 Å². The summed E-state index contributed by atoms with van der Waals surface area (Å²) in [5.74, 6) is -2.74. The summed E-state index contributed by atoms with van der Waals surface area (Å²) in [4.78, 5) is 15.2. The van der Waals surface area contributed by atoms with Crippen molar-refractivity contribution < 1.29 is 75.4 Å². The maximum atomic E-state index is 11.1. The number of hydrogen-bond acceptors (Lipinski definition) is 5. The molecule has 0 aliphatic rings. The summed E-state index contributed by atoms with van der Waals surface area (Å²) in [5.41, 5.74) is 0. The van der Waals surface area contributed by atoms with Crippen LogP contribution in [0.25, 0.3) is 0 Å². The van der Waals surface area contributed by atoms with E-state index in [2.05, 4.69) is 9.69 Å². The minimum absolute atomic E-state index is 0. The van der Waals surface area contributed by atoms with E-state index < -0.39 is 19.5 Å². The molecule has 0 radical (unpaired) electrons. The van der Waals surface area contributed by atoms with Crippen LogP contribution >= 0.6 is 0 Å². The first-order valence-electron chi connectivity index (χ1n) is 2.10. The largest absolute Gasteiger partial charge is 1.00 e. The predicted octanol–water partition coefficient (Wildman–Crippen LogP) is -8.26. The summed E-state index contributed by atoms with van der Waals surface area (Å²) >= 11 is 0. The zero-order valence-corrected chi connectivity index (χ0v) is 6.75. The van der Waals surface area contributed by atoms with E-state index in [1.165, 1.54) is 0 Å². The van der Waals surface area contributed by atoms with Crippen molar-refractivity contribution in [2.24, 2.45) is 0 Å². The summed E-state index contributed by atoms with van der Waals surface area (Å²) in [6.45, 7) is 0. The molecule has 0 aliphatic heterocycles. The van der Waals surface area contributed by atoms with Crippen molar-refractivity contribution in [3.63, 3.8) is 0 Å². The van der Waals surface area contributed by atoms with Gasteiger partial charge in [0.05, 0.1) is 0 Å². The van der Waals surface area contributed by atoms with E-state index in [1.54, 1.807) is 0 Å². The van der Waals surface area contributed by atoms with E-state index in [4.69, 9.17) is 0 Å². The topological polar surface area (TPSA) is 81.7 Å². The van der Waals surface area contributed by atoms with Crippen molar-refractivity contribution in [1.29, 1.82) is 0 Å². The molecular formula is C2BF3Li2O5. The molecule has 0 N–H and O–H groups in total. The van der Waals surface area contributed by atoms with E-state index in [-0.39, 0.29) is 37.7 Å². The number of hydrogen-bond donors (Lipinski definition) is 0. The average molecular weight is 186 g/mol. The third kappa shape index (κ3) is 10.3. The summed E-state index contributed by atoms with van der Waals surface area (Å²) in [7, 11) is -3.08. The van der Waals surface area contributed by atoms with Crippen LogP contribution in [0.15, 0.2) is 0 Å². The molecule has 0 rings (SSSR count). The Kier molecular flexibility index (Phi) is 11.4. The second-order valence-corrected chi connectivity index (χ2v) is 1.25. The maximum Gasteiger partial charge on any atom is 1.00 e. The van der Waals surface area contributed by atoms with Gasteiger partial charge in [0, 0.05) is 0 Å². The Hall–Kier alpha value is 0.400. The molecule has 0 aliphatic carbocycles. The number of carbonyl (C=O) groups is 1. The molecule has 5 nitrogen and oxygen atoms in total. The van der Waals surface area contributed by atoms with Gasteiger partial charge in [-0.05, 0) is 0 Å². The van der Waals surface area contributed by atoms with Gasteiger partial charge in [-0.15, -0.1) is 0 Å². The van der Waals surface area contributed by atoms with Crippen molar-refractivity contribution in [2.45, 2.75) is 6.18 Å². The van der Waals surface area contributed by atoms with Crippen LogP contribution in [0.5, 0.6) is 0 Å². The van der Waals surface area contributed by atoms with E-state index in [0.29, 0.717) is 0 Å². The minimum Gasteiger partial charge on any atom is -0.867 e. The van der Waals surface area contributed by atoms with Crippen LogP contribution in [0.3, 0.4) is 0 Å². The van der Waals surface area contributed by atoms with Gasteiger partial charge in [-0.2, -0.15) is 13.2 Å². The Balaban J connectivity index is -0.000000500. The van der Waals surface area contributed by atoms with Crippen molar-refractivity contribution in [3.05, 3.63) is 0 Å². The first-order chi connectivity index (χ1) is 4.84. The number of alkyl halides is 3. The number of rotatable bonds is 2. The third-order valence-corrected chi connectivity index (χ3v) is 0.434. The van der Waals surface area contributed by atoms with E-state index in [9.17, 15) is 28.0 Å². The molecule has 0 spiro atoms. The number of halogens is 3. The van der Waals surface area contributed by atoms with Gasteiger partial charge in [-0.3, -0.25) is 0 Å². The zero-order chi connectivity index (χ0) is 9.07. The van der Waals surface area contributed by atoms with Gasteiger partial charge in [-0.25, -0.2) is 4.79 Å². The molecule has 0 aromatic rings. The quantitative estimate of drug-likeness (QED) is 0.243. The molecule has 0 heterocycles. The molecule has 0 saturated carbocycles. The van der Waals surface area contributed by atoms with Crippen LogP contribution in [0.2, 0.25) is 0 Å². The molecule has 0 saturated heterocycles.